The van der Waals surface area contributed by atoms with E-state index in [-0.39, 0.29) is 6.42 Å². The highest BCUT2D eigenvalue weighted by Crippen LogP contribution is 2.21. The van der Waals surface area contributed by atoms with Gasteiger partial charge >= 0.3 is 5.97 Å². The number of carbonyl (C=O) groups is 2. The van der Waals surface area contributed by atoms with E-state index in [4.69, 9.17) is 27.9 Å². The van der Waals surface area contributed by atoms with Crippen molar-refractivity contribution in [3.05, 3.63) is 69.8 Å². The van der Waals surface area contributed by atoms with E-state index in [9.17, 15) is 9.59 Å². The zero-order valence-corrected chi connectivity index (χ0v) is 15.4. The number of halogens is 2. The molecule has 0 saturated heterocycles. The third kappa shape index (κ3) is 4.00. The third-order valence-corrected chi connectivity index (χ3v) is 4.60. The van der Waals surface area contributed by atoms with E-state index < -0.39 is 17.9 Å². The lowest BCUT2D eigenvalue weighted by atomic mass is 10.1. The highest BCUT2D eigenvalue weighted by molar-refractivity contribution is 6.31. The molecular formula is C19H16Cl2N2O3. The number of aromatic nitrogens is 1. The summed E-state index contributed by atoms with van der Waals surface area (Å²) in [5, 5.41) is 4.61. The second kappa shape index (κ2) is 7.81. The van der Waals surface area contributed by atoms with Crippen LogP contribution in [0.5, 0.6) is 0 Å². The van der Waals surface area contributed by atoms with Crippen LogP contribution in [0.4, 0.5) is 0 Å². The van der Waals surface area contributed by atoms with E-state index in [1.807, 2.05) is 6.07 Å². The van der Waals surface area contributed by atoms with Gasteiger partial charge in [0.25, 0.3) is 5.91 Å². The molecule has 0 aliphatic heterocycles. The molecule has 0 fully saturated rings. The van der Waals surface area contributed by atoms with Crippen molar-refractivity contribution in [2.24, 2.45) is 0 Å². The molecule has 26 heavy (non-hydrogen) atoms. The maximum atomic E-state index is 12.6. The fourth-order valence-corrected chi connectivity index (χ4v) is 3.07. The number of aromatic amines is 1. The number of hydrogen-bond acceptors (Lipinski definition) is 3. The van der Waals surface area contributed by atoms with E-state index in [0.717, 1.165) is 16.5 Å². The lowest BCUT2D eigenvalue weighted by Gasteiger charge is -2.16. The summed E-state index contributed by atoms with van der Waals surface area (Å²) in [5.74, 6) is -0.961. The van der Waals surface area contributed by atoms with Gasteiger partial charge in [-0.1, -0.05) is 41.4 Å². The highest BCUT2D eigenvalue weighted by atomic mass is 35.5. The van der Waals surface area contributed by atoms with E-state index in [0.29, 0.717) is 15.7 Å². The van der Waals surface area contributed by atoms with Gasteiger partial charge < -0.3 is 15.0 Å². The average molecular weight is 391 g/mol. The predicted octanol–water partition coefficient (Wildman–Crippen LogP) is 3.99. The van der Waals surface area contributed by atoms with Crippen molar-refractivity contribution in [1.82, 2.24) is 10.3 Å². The maximum Gasteiger partial charge on any atom is 0.328 e. The first kappa shape index (κ1) is 18.3. The molecule has 3 aromatic rings. The smallest absolute Gasteiger partial charge is 0.328 e. The first-order chi connectivity index (χ1) is 12.5. The Kier molecular flexibility index (Phi) is 5.49. The van der Waals surface area contributed by atoms with E-state index in [2.05, 4.69) is 10.3 Å². The van der Waals surface area contributed by atoms with Crippen LogP contribution in [0.2, 0.25) is 10.0 Å². The third-order valence-electron chi connectivity index (χ3n) is 4.00. The number of methoxy groups -OCH3 is 1. The first-order valence-corrected chi connectivity index (χ1v) is 8.64. The monoisotopic (exact) mass is 390 g/mol. The number of esters is 1. The van der Waals surface area contributed by atoms with Crippen molar-refractivity contribution in [3.8, 4) is 0 Å². The Morgan fingerprint density at radius 3 is 2.65 bits per heavy atom. The van der Waals surface area contributed by atoms with Crippen molar-refractivity contribution in [2.75, 3.05) is 7.11 Å². The minimum Gasteiger partial charge on any atom is -0.467 e. The Morgan fingerprint density at radius 1 is 1.15 bits per heavy atom. The number of nitrogens with one attached hydrogen (secondary N) is 2. The molecule has 0 aliphatic rings. The fraction of sp³-hybridized carbons (Fsp3) is 0.158. The van der Waals surface area contributed by atoms with Crippen LogP contribution in [-0.4, -0.2) is 30.0 Å². The van der Waals surface area contributed by atoms with Crippen LogP contribution in [0.1, 0.15) is 16.1 Å². The Hall–Kier alpha value is -2.50. The fourth-order valence-electron chi connectivity index (χ4n) is 2.68. The van der Waals surface area contributed by atoms with Crippen LogP contribution in [0.3, 0.4) is 0 Å². The van der Waals surface area contributed by atoms with Crippen molar-refractivity contribution in [3.63, 3.8) is 0 Å². The molecule has 0 unspecified atom stereocenters. The number of fused-ring (bicyclic) bond motifs is 1. The van der Waals surface area contributed by atoms with Crippen molar-refractivity contribution < 1.29 is 14.3 Å². The molecule has 1 aromatic heterocycles. The van der Waals surface area contributed by atoms with Crippen LogP contribution in [-0.2, 0) is 16.0 Å². The molecule has 0 saturated carbocycles. The molecule has 3 rings (SSSR count). The maximum absolute atomic E-state index is 12.6. The standard InChI is InChI=1S/C19H16Cl2N2O3/c1-26-19(25)17(9-11-4-2-3-5-14(11)21)23-18(24)16-10-12-8-13(20)6-7-15(12)22-16/h2-8,10,17,22H,9H2,1H3,(H,23,24)/t17-/m0/s1. The van der Waals surface area contributed by atoms with Crippen molar-refractivity contribution in [1.29, 1.82) is 0 Å². The lowest BCUT2D eigenvalue weighted by molar-refractivity contribution is -0.142. The summed E-state index contributed by atoms with van der Waals surface area (Å²) in [4.78, 5) is 27.7. The van der Waals surface area contributed by atoms with Gasteiger partial charge in [0.15, 0.2) is 0 Å². The zero-order valence-electron chi connectivity index (χ0n) is 13.9. The predicted molar refractivity (Wildman–Crippen MR) is 102 cm³/mol. The van der Waals surface area contributed by atoms with E-state index >= 15 is 0 Å². The van der Waals surface area contributed by atoms with Gasteiger partial charge in [0.1, 0.15) is 11.7 Å². The van der Waals surface area contributed by atoms with Gasteiger partial charge in [-0.2, -0.15) is 0 Å². The van der Waals surface area contributed by atoms with Gasteiger partial charge in [-0.3, -0.25) is 4.79 Å². The number of benzene rings is 2. The summed E-state index contributed by atoms with van der Waals surface area (Å²) in [7, 11) is 1.28. The summed E-state index contributed by atoms with van der Waals surface area (Å²) in [6.45, 7) is 0. The van der Waals surface area contributed by atoms with Crippen LogP contribution in [0, 0.1) is 0 Å². The first-order valence-electron chi connectivity index (χ1n) is 7.88. The minimum atomic E-state index is -0.859. The van der Waals surface area contributed by atoms with Gasteiger partial charge in [-0.05, 0) is 35.9 Å². The summed E-state index contributed by atoms with van der Waals surface area (Å²) in [6.07, 6.45) is 0.226. The number of carbonyl (C=O) groups excluding carboxylic acids is 2. The summed E-state index contributed by atoms with van der Waals surface area (Å²) in [6, 6.07) is 13.2. The molecule has 5 nitrogen and oxygen atoms in total. The van der Waals surface area contributed by atoms with Crippen molar-refractivity contribution >= 4 is 46.0 Å². The number of ether oxygens (including phenoxy) is 1. The molecule has 1 atom stereocenters. The van der Waals surface area contributed by atoms with Gasteiger partial charge in [-0.25, -0.2) is 4.79 Å². The molecule has 7 heteroatoms. The SMILES string of the molecule is COC(=O)[C@H](Cc1ccccc1Cl)NC(=O)c1cc2cc(Cl)ccc2[nH]1. The Morgan fingerprint density at radius 2 is 1.92 bits per heavy atom. The number of hydrogen-bond donors (Lipinski definition) is 2. The Labute approximate surface area is 160 Å². The van der Waals surface area contributed by atoms with Gasteiger partial charge in [0.2, 0.25) is 0 Å². The Bertz CT molecular complexity index is 968. The van der Waals surface area contributed by atoms with Crippen LogP contribution < -0.4 is 5.32 Å². The summed E-state index contributed by atoms with van der Waals surface area (Å²) >= 11 is 12.1. The second-order valence-corrected chi connectivity index (χ2v) is 6.60. The minimum absolute atomic E-state index is 0.226. The van der Waals surface area contributed by atoms with Gasteiger partial charge in [0, 0.05) is 27.4 Å². The highest BCUT2D eigenvalue weighted by Gasteiger charge is 2.24. The number of amides is 1. The quantitative estimate of drug-likeness (QED) is 0.647. The number of H-pyrrole nitrogens is 1. The molecule has 2 aromatic carbocycles. The molecule has 0 aliphatic carbocycles. The zero-order chi connectivity index (χ0) is 18.7. The molecule has 134 valence electrons. The molecule has 0 spiro atoms. The second-order valence-electron chi connectivity index (χ2n) is 5.76. The summed E-state index contributed by atoms with van der Waals surface area (Å²) < 4.78 is 4.81. The number of rotatable bonds is 5. The average Bonchev–Trinajstić information content (AvgIpc) is 3.05. The van der Waals surface area contributed by atoms with E-state index in [1.54, 1.807) is 42.5 Å². The van der Waals surface area contributed by atoms with Gasteiger partial charge in [-0.15, -0.1) is 0 Å². The molecule has 0 bridgehead atoms. The molecule has 0 radical (unpaired) electrons. The molecule has 2 N–H and O–H groups in total. The normalized spacial score (nSPS) is 12.0. The van der Waals surface area contributed by atoms with Crippen LogP contribution in [0.15, 0.2) is 48.5 Å². The largest absolute Gasteiger partial charge is 0.467 e. The lowest BCUT2D eigenvalue weighted by Crippen LogP contribution is -2.43. The molecule has 1 amide bonds. The van der Waals surface area contributed by atoms with E-state index in [1.165, 1.54) is 7.11 Å². The van der Waals surface area contributed by atoms with Gasteiger partial charge in [0.05, 0.1) is 7.11 Å². The Balaban J connectivity index is 1.82. The summed E-state index contributed by atoms with van der Waals surface area (Å²) in [5.41, 5.74) is 1.85. The molecular weight excluding hydrogens is 375 g/mol. The van der Waals surface area contributed by atoms with Crippen LogP contribution in [0.25, 0.3) is 10.9 Å². The molecule has 1 heterocycles. The topological polar surface area (TPSA) is 71.2 Å². The van der Waals surface area contributed by atoms with Crippen LogP contribution >= 0.6 is 23.2 Å². The van der Waals surface area contributed by atoms with Crippen molar-refractivity contribution in [2.45, 2.75) is 12.5 Å².